The highest BCUT2D eigenvalue weighted by Crippen LogP contribution is 2.27. The Morgan fingerprint density at radius 2 is 1.66 bits per heavy atom. The first kappa shape index (κ1) is 23.9. The zero-order valence-corrected chi connectivity index (χ0v) is 19.8. The van der Waals surface area contributed by atoms with Crippen LogP contribution in [0.5, 0.6) is 5.75 Å². The first-order chi connectivity index (χ1) is 15.2. The number of hydrogen-bond donors (Lipinski definition) is 1. The number of anilines is 2. The van der Waals surface area contributed by atoms with Crippen LogP contribution < -0.4 is 14.4 Å². The van der Waals surface area contributed by atoms with Crippen molar-refractivity contribution in [1.29, 1.82) is 0 Å². The maximum atomic E-state index is 13.0. The lowest BCUT2D eigenvalue weighted by atomic mass is 10.2. The Kier molecular flexibility index (Phi) is 7.66. The Morgan fingerprint density at radius 1 is 1.00 bits per heavy atom. The SMILES string of the molecule is CCN(c1ccc(OCC(=O)Nc2cc(Cl)ccc2Cl)cc1)S(=O)(=O)c1ccc(C)cc1. The summed E-state index contributed by atoms with van der Waals surface area (Å²) >= 11 is 12.0. The van der Waals surface area contributed by atoms with Gasteiger partial charge in [-0.25, -0.2) is 8.42 Å². The number of nitrogens with zero attached hydrogens (tertiary/aromatic N) is 1. The Balaban J connectivity index is 1.66. The largest absolute Gasteiger partial charge is 0.484 e. The fraction of sp³-hybridized carbons (Fsp3) is 0.174. The third-order valence-electron chi connectivity index (χ3n) is 4.59. The van der Waals surface area contributed by atoms with Crippen LogP contribution in [0.25, 0.3) is 0 Å². The molecular weight excluding hydrogens is 471 g/mol. The van der Waals surface area contributed by atoms with Crippen molar-refractivity contribution in [3.63, 3.8) is 0 Å². The van der Waals surface area contributed by atoms with Crippen LogP contribution >= 0.6 is 23.2 Å². The van der Waals surface area contributed by atoms with Crippen LogP contribution in [-0.2, 0) is 14.8 Å². The molecule has 1 amide bonds. The minimum Gasteiger partial charge on any atom is -0.484 e. The predicted octanol–water partition coefficient (Wildman–Crippen LogP) is 5.53. The van der Waals surface area contributed by atoms with Crippen LogP contribution in [0.3, 0.4) is 0 Å². The van der Waals surface area contributed by atoms with Crippen LogP contribution in [0, 0.1) is 6.92 Å². The molecule has 0 aliphatic rings. The van der Waals surface area contributed by atoms with Crippen molar-refractivity contribution in [3.8, 4) is 5.75 Å². The molecule has 3 rings (SSSR count). The summed E-state index contributed by atoms with van der Waals surface area (Å²) < 4.78 is 32.9. The van der Waals surface area contributed by atoms with Gasteiger partial charge in [-0.3, -0.25) is 9.10 Å². The van der Waals surface area contributed by atoms with Gasteiger partial charge >= 0.3 is 0 Å². The van der Waals surface area contributed by atoms with Gasteiger partial charge in [-0.15, -0.1) is 0 Å². The number of sulfonamides is 1. The summed E-state index contributed by atoms with van der Waals surface area (Å²) in [6.45, 7) is 3.68. The third-order valence-corrected chi connectivity index (χ3v) is 7.08. The number of rotatable bonds is 8. The quantitative estimate of drug-likeness (QED) is 0.448. The molecule has 0 aromatic heterocycles. The molecule has 0 radical (unpaired) electrons. The summed E-state index contributed by atoms with van der Waals surface area (Å²) in [6, 6.07) is 18.0. The van der Waals surface area contributed by atoms with Gasteiger partial charge in [-0.1, -0.05) is 40.9 Å². The number of carbonyl (C=O) groups is 1. The van der Waals surface area contributed by atoms with Crippen molar-refractivity contribution in [1.82, 2.24) is 0 Å². The highest BCUT2D eigenvalue weighted by molar-refractivity contribution is 7.92. The summed E-state index contributed by atoms with van der Waals surface area (Å²) in [7, 11) is -3.70. The van der Waals surface area contributed by atoms with Gasteiger partial charge in [0.15, 0.2) is 6.61 Å². The number of amides is 1. The standard InChI is InChI=1S/C23H22Cl2N2O4S/c1-3-27(32(29,30)20-11-4-16(2)5-12-20)18-7-9-19(10-8-18)31-15-23(28)26-22-14-17(24)6-13-21(22)25/h4-14H,3,15H2,1-2H3,(H,26,28). The van der Waals surface area contributed by atoms with E-state index in [1.54, 1.807) is 73.7 Å². The number of carbonyl (C=O) groups excluding carboxylic acids is 1. The van der Waals surface area contributed by atoms with Crippen molar-refractivity contribution in [2.45, 2.75) is 18.7 Å². The smallest absolute Gasteiger partial charge is 0.264 e. The highest BCUT2D eigenvalue weighted by Gasteiger charge is 2.23. The molecule has 0 aliphatic carbocycles. The van der Waals surface area contributed by atoms with E-state index in [2.05, 4.69) is 5.32 Å². The number of aryl methyl sites for hydroxylation is 1. The number of ether oxygens (including phenoxy) is 1. The molecule has 0 spiro atoms. The molecule has 0 bridgehead atoms. The maximum absolute atomic E-state index is 13.0. The molecule has 3 aromatic rings. The molecule has 0 atom stereocenters. The van der Waals surface area contributed by atoms with Gasteiger partial charge in [0.05, 0.1) is 21.3 Å². The van der Waals surface area contributed by atoms with Crippen molar-refractivity contribution in [2.24, 2.45) is 0 Å². The van der Waals surface area contributed by atoms with Crippen LogP contribution in [0.4, 0.5) is 11.4 Å². The molecule has 168 valence electrons. The minimum atomic E-state index is -3.70. The van der Waals surface area contributed by atoms with Gasteiger partial charge in [0.2, 0.25) is 0 Å². The normalized spacial score (nSPS) is 11.1. The van der Waals surface area contributed by atoms with Crippen LogP contribution in [0.2, 0.25) is 10.0 Å². The number of benzene rings is 3. The van der Waals surface area contributed by atoms with E-state index in [0.717, 1.165) is 5.56 Å². The summed E-state index contributed by atoms with van der Waals surface area (Å²) in [4.78, 5) is 12.4. The first-order valence-corrected chi connectivity index (χ1v) is 12.0. The molecular formula is C23H22Cl2N2O4S. The molecule has 3 aromatic carbocycles. The van der Waals surface area contributed by atoms with Gasteiger partial charge in [-0.05, 0) is 68.4 Å². The first-order valence-electron chi connectivity index (χ1n) is 9.78. The van der Waals surface area contributed by atoms with Gasteiger partial charge in [0.1, 0.15) is 5.75 Å². The Morgan fingerprint density at radius 3 is 2.28 bits per heavy atom. The molecule has 0 saturated carbocycles. The van der Waals surface area contributed by atoms with E-state index in [4.69, 9.17) is 27.9 Å². The molecule has 0 heterocycles. The van der Waals surface area contributed by atoms with Crippen molar-refractivity contribution >= 4 is 50.5 Å². The van der Waals surface area contributed by atoms with Crippen LogP contribution in [0.15, 0.2) is 71.6 Å². The van der Waals surface area contributed by atoms with E-state index in [1.807, 2.05) is 6.92 Å². The van der Waals surface area contributed by atoms with Gasteiger partial charge < -0.3 is 10.1 Å². The summed E-state index contributed by atoms with van der Waals surface area (Å²) in [5, 5.41) is 3.44. The lowest BCUT2D eigenvalue weighted by molar-refractivity contribution is -0.118. The van der Waals surface area contributed by atoms with E-state index >= 15 is 0 Å². The summed E-state index contributed by atoms with van der Waals surface area (Å²) in [5.41, 5.74) is 1.87. The molecule has 0 unspecified atom stereocenters. The number of hydrogen-bond acceptors (Lipinski definition) is 4. The molecule has 9 heteroatoms. The van der Waals surface area contributed by atoms with Crippen molar-refractivity contribution in [3.05, 3.63) is 82.3 Å². The lowest BCUT2D eigenvalue weighted by Crippen LogP contribution is -2.30. The second kappa shape index (κ2) is 10.3. The Hall–Kier alpha value is -2.74. The monoisotopic (exact) mass is 492 g/mol. The van der Waals surface area contributed by atoms with E-state index in [0.29, 0.717) is 27.2 Å². The van der Waals surface area contributed by atoms with E-state index in [-0.39, 0.29) is 18.0 Å². The van der Waals surface area contributed by atoms with Crippen LogP contribution in [0.1, 0.15) is 12.5 Å². The van der Waals surface area contributed by atoms with Crippen molar-refractivity contribution in [2.75, 3.05) is 22.8 Å². The van der Waals surface area contributed by atoms with E-state index in [1.165, 1.54) is 4.31 Å². The molecule has 0 fully saturated rings. The molecule has 0 aliphatic heterocycles. The van der Waals surface area contributed by atoms with Crippen molar-refractivity contribution < 1.29 is 17.9 Å². The van der Waals surface area contributed by atoms with Gasteiger partial charge in [-0.2, -0.15) is 0 Å². The number of halogens is 2. The molecule has 1 N–H and O–H groups in total. The Labute approximate surface area is 197 Å². The lowest BCUT2D eigenvalue weighted by Gasteiger charge is -2.23. The second-order valence-electron chi connectivity index (χ2n) is 6.94. The average Bonchev–Trinajstić information content (AvgIpc) is 2.76. The molecule has 0 saturated heterocycles. The Bertz CT molecular complexity index is 1200. The summed E-state index contributed by atoms with van der Waals surface area (Å²) in [5.74, 6) is 0.0141. The average molecular weight is 493 g/mol. The van der Waals surface area contributed by atoms with Gasteiger partial charge in [0, 0.05) is 11.6 Å². The maximum Gasteiger partial charge on any atom is 0.264 e. The number of nitrogens with one attached hydrogen (secondary N) is 1. The fourth-order valence-electron chi connectivity index (χ4n) is 2.97. The second-order valence-corrected chi connectivity index (χ2v) is 9.64. The van der Waals surface area contributed by atoms with Crippen LogP contribution in [-0.4, -0.2) is 27.5 Å². The summed E-state index contributed by atoms with van der Waals surface area (Å²) in [6.07, 6.45) is 0. The fourth-order valence-corrected chi connectivity index (χ4v) is 4.78. The van der Waals surface area contributed by atoms with E-state index in [9.17, 15) is 13.2 Å². The van der Waals surface area contributed by atoms with Gasteiger partial charge in [0.25, 0.3) is 15.9 Å². The zero-order valence-electron chi connectivity index (χ0n) is 17.5. The zero-order chi connectivity index (χ0) is 23.3. The molecule has 32 heavy (non-hydrogen) atoms. The minimum absolute atomic E-state index is 0.224. The third kappa shape index (κ3) is 5.73. The topological polar surface area (TPSA) is 75.7 Å². The molecule has 6 nitrogen and oxygen atoms in total. The van der Waals surface area contributed by atoms with E-state index < -0.39 is 15.9 Å². The predicted molar refractivity (Wildman–Crippen MR) is 128 cm³/mol. The highest BCUT2D eigenvalue weighted by atomic mass is 35.5.